The number of aryl methyl sites for hydroxylation is 1. The Kier molecular flexibility index (Phi) is 6.41. The highest BCUT2D eigenvalue weighted by molar-refractivity contribution is 6.04. The van der Waals surface area contributed by atoms with Crippen LogP contribution in [-0.4, -0.2) is 52.6 Å². The molecule has 0 saturated carbocycles. The molecule has 8 nitrogen and oxygen atoms in total. The molecule has 2 N–H and O–H groups in total. The number of nitrogens with zero attached hydrogens (tertiary/aromatic N) is 3. The molecule has 1 aromatic heterocycles. The van der Waals surface area contributed by atoms with Crippen molar-refractivity contribution in [3.63, 3.8) is 0 Å². The molecule has 0 spiro atoms. The fraction of sp³-hybridized carbons (Fsp3) is 0.400. The second-order valence-electron chi connectivity index (χ2n) is 6.67. The van der Waals surface area contributed by atoms with E-state index in [9.17, 15) is 9.59 Å². The van der Waals surface area contributed by atoms with E-state index >= 15 is 0 Å². The molecule has 1 fully saturated rings. The molecule has 0 unspecified atom stereocenters. The number of piperidine rings is 1. The number of ether oxygens (including phenoxy) is 1. The molecule has 148 valence electrons. The molecule has 1 aliphatic rings. The molecule has 2 aromatic rings. The number of anilines is 2. The third kappa shape index (κ3) is 4.97. The van der Waals surface area contributed by atoms with Crippen molar-refractivity contribution in [1.29, 1.82) is 0 Å². The van der Waals surface area contributed by atoms with Gasteiger partial charge in [-0.05, 0) is 38.3 Å². The number of nitrogens with one attached hydrogen (secondary N) is 2. The predicted octanol–water partition coefficient (Wildman–Crippen LogP) is 3.07. The van der Waals surface area contributed by atoms with E-state index in [0.717, 1.165) is 24.1 Å². The topological polar surface area (TPSA) is 96.5 Å². The smallest absolute Gasteiger partial charge is 0.409 e. The van der Waals surface area contributed by atoms with Crippen LogP contribution in [0.3, 0.4) is 0 Å². The largest absolute Gasteiger partial charge is 0.450 e. The summed E-state index contributed by atoms with van der Waals surface area (Å²) in [7, 11) is 0. The van der Waals surface area contributed by atoms with Crippen molar-refractivity contribution >= 4 is 23.6 Å². The monoisotopic (exact) mass is 383 g/mol. The second kappa shape index (κ2) is 9.16. The first-order chi connectivity index (χ1) is 13.6. The number of likely N-dealkylation sites (tertiary alicyclic amines) is 1. The molecule has 1 aromatic carbocycles. The number of carbonyl (C=O) groups excluding carboxylic acids is 2. The van der Waals surface area contributed by atoms with Crippen molar-refractivity contribution in [2.45, 2.75) is 32.7 Å². The summed E-state index contributed by atoms with van der Waals surface area (Å²) in [5.41, 5.74) is 2.15. The van der Waals surface area contributed by atoms with Crippen LogP contribution in [0.5, 0.6) is 0 Å². The Balaban J connectivity index is 1.52. The lowest BCUT2D eigenvalue weighted by molar-refractivity contribution is 0.0982. The Morgan fingerprint density at radius 2 is 1.86 bits per heavy atom. The van der Waals surface area contributed by atoms with Gasteiger partial charge >= 0.3 is 6.09 Å². The Bertz CT molecular complexity index is 817. The third-order valence-electron chi connectivity index (χ3n) is 4.66. The number of hydrogen-bond donors (Lipinski definition) is 2. The first-order valence-electron chi connectivity index (χ1n) is 9.44. The number of benzene rings is 1. The molecule has 0 atom stereocenters. The van der Waals surface area contributed by atoms with Crippen LogP contribution in [0.2, 0.25) is 0 Å². The van der Waals surface area contributed by atoms with E-state index < -0.39 is 0 Å². The van der Waals surface area contributed by atoms with Gasteiger partial charge in [0, 0.05) is 37.2 Å². The minimum absolute atomic E-state index is 0.178. The van der Waals surface area contributed by atoms with Crippen LogP contribution < -0.4 is 10.6 Å². The zero-order valence-electron chi connectivity index (χ0n) is 16.1. The lowest BCUT2D eigenvalue weighted by Crippen LogP contribution is -2.42. The Hall–Kier alpha value is -3.16. The van der Waals surface area contributed by atoms with Crippen molar-refractivity contribution in [1.82, 2.24) is 14.9 Å². The van der Waals surface area contributed by atoms with Crippen molar-refractivity contribution in [2.24, 2.45) is 0 Å². The standard InChI is InChI=1S/C20H25N5O3/c1-3-28-20(27)25-10-8-16(9-11-25)23-19-21-12-15(13-22-19)18(26)24-17-7-5-4-6-14(17)2/h4-7,12-13,16H,3,8-11H2,1-2H3,(H,24,26)(H,21,22,23). The molecule has 1 aliphatic heterocycles. The zero-order chi connectivity index (χ0) is 19.9. The molecule has 3 rings (SSSR count). The number of aromatic nitrogens is 2. The predicted molar refractivity (Wildman–Crippen MR) is 106 cm³/mol. The number of para-hydroxylation sites is 1. The molecule has 2 amide bonds. The van der Waals surface area contributed by atoms with Crippen molar-refractivity contribution in [3.8, 4) is 0 Å². The lowest BCUT2D eigenvalue weighted by Gasteiger charge is -2.31. The van der Waals surface area contributed by atoms with Crippen molar-refractivity contribution < 1.29 is 14.3 Å². The molecular weight excluding hydrogens is 358 g/mol. The van der Waals surface area contributed by atoms with Gasteiger partial charge in [-0.1, -0.05) is 18.2 Å². The fourth-order valence-electron chi connectivity index (χ4n) is 3.03. The molecule has 0 aliphatic carbocycles. The molecule has 8 heteroatoms. The van der Waals surface area contributed by atoms with E-state index in [2.05, 4.69) is 20.6 Å². The molecule has 28 heavy (non-hydrogen) atoms. The van der Waals surface area contributed by atoms with Crippen LogP contribution in [-0.2, 0) is 4.74 Å². The van der Waals surface area contributed by atoms with Crippen LogP contribution in [0.1, 0.15) is 35.7 Å². The summed E-state index contributed by atoms with van der Waals surface area (Å²) in [6.07, 6.45) is 4.34. The van der Waals surface area contributed by atoms with Gasteiger partial charge in [0.25, 0.3) is 5.91 Å². The van der Waals surface area contributed by atoms with E-state index in [4.69, 9.17) is 4.74 Å². The van der Waals surface area contributed by atoms with Crippen molar-refractivity contribution in [3.05, 3.63) is 47.8 Å². The highest BCUT2D eigenvalue weighted by atomic mass is 16.6. The molecule has 0 bridgehead atoms. The summed E-state index contributed by atoms with van der Waals surface area (Å²) in [5.74, 6) is 0.227. The maximum atomic E-state index is 12.4. The van der Waals surface area contributed by atoms with Gasteiger partial charge in [-0.15, -0.1) is 0 Å². The van der Waals surface area contributed by atoms with Gasteiger partial charge in [0.15, 0.2) is 0 Å². The Morgan fingerprint density at radius 1 is 1.18 bits per heavy atom. The van der Waals surface area contributed by atoms with Gasteiger partial charge < -0.3 is 20.3 Å². The highest BCUT2D eigenvalue weighted by Crippen LogP contribution is 2.16. The number of rotatable bonds is 5. The zero-order valence-corrected chi connectivity index (χ0v) is 16.1. The SMILES string of the molecule is CCOC(=O)N1CCC(Nc2ncc(C(=O)Nc3ccccc3C)cn2)CC1. The lowest BCUT2D eigenvalue weighted by atomic mass is 10.1. The van der Waals surface area contributed by atoms with Gasteiger partial charge in [0.1, 0.15) is 0 Å². The maximum absolute atomic E-state index is 12.4. The van der Waals surface area contributed by atoms with Gasteiger partial charge in [-0.25, -0.2) is 14.8 Å². The summed E-state index contributed by atoms with van der Waals surface area (Å²) in [6, 6.07) is 7.77. The summed E-state index contributed by atoms with van der Waals surface area (Å²) in [5, 5.41) is 6.13. The highest BCUT2D eigenvalue weighted by Gasteiger charge is 2.24. The van der Waals surface area contributed by atoms with Crippen LogP contribution in [0.4, 0.5) is 16.4 Å². The number of hydrogen-bond acceptors (Lipinski definition) is 6. The quantitative estimate of drug-likeness (QED) is 0.824. The molecule has 0 radical (unpaired) electrons. The molecular formula is C20H25N5O3. The van der Waals surface area contributed by atoms with Crippen LogP contribution in [0.15, 0.2) is 36.7 Å². The first kappa shape index (κ1) is 19.6. The molecule has 1 saturated heterocycles. The van der Waals surface area contributed by atoms with Crippen LogP contribution in [0, 0.1) is 6.92 Å². The van der Waals surface area contributed by atoms with Crippen LogP contribution >= 0.6 is 0 Å². The van der Waals surface area contributed by atoms with Gasteiger partial charge in [0.2, 0.25) is 5.95 Å². The van der Waals surface area contributed by atoms with E-state index in [1.54, 1.807) is 11.8 Å². The Labute approximate surface area is 164 Å². The Morgan fingerprint density at radius 3 is 2.50 bits per heavy atom. The minimum atomic E-state index is -0.263. The van der Waals surface area contributed by atoms with Gasteiger partial charge in [-0.3, -0.25) is 4.79 Å². The minimum Gasteiger partial charge on any atom is -0.450 e. The van der Waals surface area contributed by atoms with E-state index in [0.29, 0.717) is 31.2 Å². The second-order valence-corrected chi connectivity index (χ2v) is 6.67. The van der Waals surface area contributed by atoms with Gasteiger partial charge in [0.05, 0.1) is 12.2 Å². The summed E-state index contributed by atoms with van der Waals surface area (Å²) < 4.78 is 5.02. The van der Waals surface area contributed by atoms with Crippen LogP contribution in [0.25, 0.3) is 0 Å². The average molecular weight is 383 g/mol. The van der Waals surface area contributed by atoms with E-state index in [1.807, 2.05) is 31.2 Å². The first-order valence-corrected chi connectivity index (χ1v) is 9.44. The number of carbonyl (C=O) groups is 2. The fourth-order valence-corrected chi connectivity index (χ4v) is 3.03. The summed E-state index contributed by atoms with van der Waals surface area (Å²) >= 11 is 0. The summed E-state index contributed by atoms with van der Waals surface area (Å²) in [4.78, 5) is 34.3. The van der Waals surface area contributed by atoms with Crippen molar-refractivity contribution in [2.75, 3.05) is 30.3 Å². The summed E-state index contributed by atoms with van der Waals surface area (Å²) in [6.45, 7) is 5.39. The normalized spacial score (nSPS) is 14.4. The van der Waals surface area contributed by atoms with E-state index in [1.165, 1.54) is 12.4 Å². The average Bonchev–Trinajstić information content (AvgIpc) is 2.71. The third-order valence-corrected chi connectivity index (χ3v) is 4.66. The van der Waals surface area contributed by atoms with Gasteiger partial charge in [-0.2, -0.15) is 0 Å². The molecule has 2 heterocycles. The van der Waals surface area contributed by atoms with E-state index in [-0.39, 0.29) is 18.0 Å². The number of amides is 2. The maximum Gasteiger partial charge on any atom is 0.409 e.